The third-order valence-corrected chi connectivity index (χ3v) is 4.26. The fraction of sp³-hybridized carbons (Fsp3) is 0.688. The van der Waals surface area contributed by atoms with Gasteiger partial charge in [-0.3, -0.25) is 9.88 Å². The number of aromatic nitrogens is 2. The fourth-order valence-electron chi connectivity index (χ4n) is 2.64. The zero-order valence-electron chi connectivity index (χ0n) is 14.3. The molecule has 1 aromatic rings. The summed E-state index contributed by atoms with van der Waals surface area (Å²) in [6.07, 6.45) is 7.15. The lowest BCUT2D eigenvalue weighted by atomic mass is 10.1. The molecular weight excluding hydrogens is 312 g/mol. The van der Waals surface area contributed by atoms with Gasteiger partial charge in [0.05, 0.1) is 5.69 Å². The highest BCUT2D eigenvalue weighted by Gasteiger charge is 2.24. The van der Waals surface area contributed by atoms with Crippen LogP contribution in [0.15, 0.2) is 17.4 Å². The molecule has 6 nitrogen and oxygen atoms in total. The van der Waals surface area contributed by atoms with E-state index in [0.29, 0.717) is 0 Å². The molecule has 0 radical (unpaired) electrons. The van der Waals surface area contributed by atoms with Crippen LogP contribution in [0.3, 0.4) is 0 Å². The van der Waals surface area contributed by atoms with Crippen LogP contribution in [0.4, 0.5) is 4.79 Å². The quantitative estimate of drug-likeness (QED) is 0.852. The summed E-state index contributed by atoms with van der Waals surface area (Å²) in [5.41, 5.74) is 0.531. The molecule has 0 aromatic carbocycles. The second kappa shape index (κ2) is 7.97. The van der Waals surface area contributed by atoms with Crippen LogP contribution in [0.25, 0.3) is 0 Å². The van der Waals surface area contributed by atoms with E-state index in [9.17, 15) is 4.79 Å². The molecule has 1 aliphatic heterocycles. The van der Waals surface area contributed by atoms with Crippen molar-refractivity contribution in [2.24, 2.45) is 0 Å². The average Bonchev–Trinajstić information content (AvgIpc) is 2.46. The second-order valence-corrected chi connectivity index (χ2v) is 7.53. The summed E-state index contributed by atoms with van der Waals surface area (Å²) >= 11 is 1.61. The lowest BCUT2D eigenvalue weighted by molar-refractivity contribution is 0.0469. The van der Waals surface area contributed by atoms with Crippen LogP contribution in [-0.2, 0) is 11.3 Å². The van der Waals surface area contributed by atoms with Crippen molar-refractivity contribution >= 4 is 17.9 Å². The highest BCUT2D eigenvalue weighted by atomic mass is 32.2. The van der Waals surface area contributed by atoms with Crippen LogP contribution in [0, 0.1) is 0 Å². The number of carbonyl (C=O) groups excluding carboxylic acids is 1. The molecule has 1 aliphatic rings. The van der Waals surface area contributed by atoms with Gasteiger partial charge in [-0.1, -0.05) is 0 Å². The SMILES string of the molecule is CSc1nccnc1CN1CCCC(NC(=O)OC(C)(C)C)C1. The first kappa shape index (κ1) is 18.0. The fourth-order valence-corrected chi connectivity index (χ4v) is 3.16. The predicted molar refractivity (Wildman–Crippen MR) is 91.5 cm³/mol. The van der Waals surface area contributed by atoms with Gasteiger partial charge < -0.3 is 10.1 Å². The minimum Gasteiger partial charge on any atom is -0.444 e. The van der Waals surface area contributed by atoms with Gasteiger partial charge in [-0.25, -0.2) is 9.78 Å². The summed E-state index contributed by atoms with van der Waals surface area (Å²) < 4.78 is 5.34. The van der Waals surface area contributed by atoms with Crippen molar-refractivity contribution < 1.29 is 9.53 Å². The average molecular weight is 338 g/mol. The number of likely N-dealkylation sites (tertiary alicyclic amines) is 1. The Morgan fingerprint density at radius 3 is 2.87 bits per heavy atom. The van der Waals surface area contributed by atoms with Crippen molar-refractivity contribution in [3.05, 3.63) is 18.1 Å². The van der Waals surface area contributed by atoms with Gasteiger partial charge in [0.2, 0.25) is 0 Å². The molecule has 1 atom stereocenters. The molecule has 1 fully saturated rings. The highest BCUT2D eigenvalue weighted by molar-refractivity contribution is 7.98. The molecule has 1 unspecified atom stereocenters. The number of hydrogen-bond acceptors (Lipinski definition) is 6. The molecule has 2 rings (SSSR count). The molecule has 128 valence electrons. The number of amides is 1. The minimum atomic E-state index is -0.467. The van der Waals surface area contributed by atoms with Gasteiger partial charge in [0.1, 0.15) is 10.6 Å². The van der Waals surface area contributed by atoms with Crippen LogP contribution in [0.2, 0.25) is 0 Å². The minimum absolute atomic E-state index is 0.119. The number of nitrogens with zero attached hydrogens (tertiary/aromatic N) is 3. The maximum atomic E-state index is 11.9. The standard InChI is InChI=1S/C16H26N4O2S/c1-16(2,3)22-15(21)19-12-6-5-9-20(10-12)11-13-14(23-4)18-8-7-17-13/h7-8,12H,5-6,9-11H2,1-4H3,(H,19,21). The van der Waals surface area contributed by atoms with Crippen LogP contribution in [0.1, 0.15) is 39.3 Å². The van der Waals surface area contributed by atoms with Gasteiger partial charge in [-0.15, -0.1) is 11.8 Å². The molecular formula is C16H26N4O2S. The molecule has 7 heteroatoms. The Balaban J connectivity index is 1.89. The van der Waals surface area contributed by atoms with Gasteiger partial charge in [-0.2, -0.15) is 0 Å². The van der Waals surface area contributed by atoms with Crippen LogP contribution in [-0.4, -0.2) is 51.9 Å². The second-order valence-electron chi connectivity index (χ2n) is 6.73. The van der Waals surface area contributed by atoms with Crippen LogP contribution < -0.4 is 5.32 Å². The molecule has 0 saturated carbocycles. The van der Waals surface area contributed by atoms with E-state index in [1.807, 2.05) is 27.0 Å². The zero-order chi connectivity index (χ0) is 16.9. The zero-order valence-corrected chi connectivity index (χ0v) is 15.2. The lowest BCUT2D eigenvalue weighted by Crippen LogP contribution is -2.48. The number of rotatable bonds is 4. The van der Waals surface area contributed by atoms with Crippen molar-refractivity contribution in [3.63, 3.8) is 0 Å². The van der Waals surface area contributed by atoms with E-state index < -0.39 is 5.60 Å². The summed E-state index contributed by atoms with van der Waals surface area (Å²) in [5, 5.41) is 3.94. The summed E-state index contributed by atoms with van der Waals surface area (Å²) in [6, 6.07) is 0.119. The third kappa shape index (κ3) is 5.99. The smallest absolute Gasteiger partial charge is 0.407 e. The van der Waals surface area contributed by atoms with Crippen LogP contribution >= 0.6 is 11.8 Å². The van der Waals surface area contributed by atoms with E-state index in [0.717, 1.165) is 43.2 Å². The Kier molecular flexibility index (Phi) is 6.24. The summed E-state index contributed by atoms with van der Waals surface area (Å²) in [7, 11) is 0. The Morgan fingerprint density at radius 2 is 2.17 bits per heavy atom. The number of thioether (sulfide) groups is 1. The normalized spacial score (nSPS) is 19.4. The molecule has 1 saturated heterocycles. The molecule has 1 aromatic heterocycles. The van der Waals surface area contributed by atoms with Gasteiger partial charge in [0.25, 0.3) is 0 Å². The maximum Gasteiger partial charge on any atom is 0.407 e. The summed E-state index contributed by atoms with van der Waals surface area (Å²) in [6.45, 7) is 8.20. The lowest BCUT2D eigenvalue weighted by Gasteiger charge is -2.33. The van der Waals surface area contributed by atoms with Gasteiger partial charge in [-0.05, 0) is 46.4 Å². The third-order valence-electron chi connectivity index (χ3n) is 3.53. The number of piperidine rings is 1. The molecule has 23 heavy (non-hydrogen) atoms. The first-order chi connectivity index (χ1) is 10.9. The first-order valence-electron chi connectivity index (χ1n) is 7.93. The van der Waals surface area contributed by atoms with Crippen molar-refractivity contribution in [3.8, 4) is 0 Å². The summed E-state index contributed by atoms with van der Waals surface area (Å²) in [5.74, 6) is 0. The van der Waals surface area contributed by atoms with E-state index in [4.69, 9.17) is 4.74 Å². The monoisotopic (exact) mass is 338 g/mol. The van der Waals surface area contributed by atoms with E-state index in [-0.39, 0.29) is 12.1 Å². The molecule has 0 aliphatic carbocycles. The van der Waals surface area contributed by atoms with Gasteiger partial charge in [0.15, 0.2) is 0 Å². The van der Waals surface area contributed by atoms with Crippen molar-refractivity contribution in [1.29, 1.82) is 0 Å². The Bertz CT molecular complexity index is 533. The topological polar surface area (TPSA) is 67.4 Å². The molecule has 1 amide bonds. The van der Waals surface area contributed by atoms with Crippen molar-refractivity contribution in [1.82, 2.24) is 20.2 Å². The largest absolute Gasteiger partial charge is 0.444 e. The Morgan fingerprint density at radius 1 is 1.43 bits per heavy atom. The molecule has 0 spiro atoms. The number of carbonyl (C=O) groups is 1. The van der Waals surface area contributed by atoms with E-state index in [1.54, 1.807) is 24.2 Å². The molecule has 1 N–H and O–H groups in total. The van der Waals surface area contributed by atoms with Crippen LogP contribution in [0.5, 0.6) is 0 Å². The van der Waals surface area contributed by atoms with Gasteiger partial charge >= 0.3 is 6.09 Å². The number of nitrogens with one attached hydrogen (secondary N) is 1. The maximum absolute atomic E-state index is 11.9. The Labute approximate surface area is 142 Å². The van der Waals surface area contributed by atoms with E-state index in [1.165, 1.54) is 0 Å². The number of alkyl carbamates (subject to hydrolysis) is 1. The van der Waals surface area contributed by atoms with Crippen molar-refractivity contribution in [2.45, 2.75) is 56.8 Å². The van der Waals surface area contributed by atoms with E-state index >= 15 is 0 Å². The highest BCUT2D eigenvalue weighted by Crippen LogP contribution is 2.19. The molecule has 0 bridgehead atoms. The Hall–Kier alpha value is -1.34. The summed E-state index contributed by atoms with van der Waals surface area (Å²) in [4.78, 5) is 23.0. The first-order valence-corrected chi connectivity index (χ1v) is 9.15. The molecule has 2 heterocycles. The number of hydrogen-bond donors (Lipinski definition) is 1. The van der Waals surface area contributed by atoms with E-state index in [2.05, 4.69) is 20.2 Å². The van der Waals surface area contributed by atoms with Gasteiger partial charge in [0, 0.05) is 31.5 Å². The van der Waals surface area contributed by atoms with Crippen molar-refractivity contribution in [2.75, 3.05) is 19.3 Å². The predicted octanol–water partition coefficient (Wildman–Crippen LogP) is 2.69. The number of ether oxygens (including phenoxy) is 1.